The van der Waals surface area contributed by atoms with Gasteiger partial charge in [-0.3, -0.25) is 0 Å². The topological polar surface area (TPSA) is 17.8 Å². The Kier molecular flexibility index (Phi) is 2.79. The number of hydrogen-bond donors (Lipinski definition) is 0. The molecule has 1 rings (SSSR count). The van der Waals surface area contributed by atoms with Gasteiger partial charge in [0.15, 0.2) is 0 Å². The number of hydrogen-bond acceptors (Lipinski definition) is 1. The van der Waals surface area contributed by atoms with E-state index in [0.29, 0.717) is 5.92 Å². The summed E-state index contributed by atoms with van der Waals surface area (Å²) in [5.74, 6) is 0.522. The number of nitrogens with zero attached hydrogens (tertiary/aromatic N) is 2. The fraction of sp³-hybridized carbons (Fsp3) is 0.727. The van der Waals surface area contributed by atoms with E-state index in [2.05, 4.69) is 50.4 Å². The van der Waals surface area contributed by atoms with Crippen LogP contribution < -0.4 is 0 Å². The summed E-state index contributed by atoms with van der Waals surface area (Å²) in [6.07, 6.45) is 5.23. The van der Waals surface area contributed by atoms with Crippen molar-refractivity contribution in [1.29, 1.82) is 0 Å². The molecule has 2 nitrogen and oxygen atoms in total. The molecular formula is C11H20N2. The maximum Gasteiger partial charge on any atom is 0.0954 e. The summed E-state index contributed by atoms with van der Waals surface area (Å²) in [5.41, 5.74) is 1.38. The molecule has 0 unspecified atom stereocenters. The van der Waals surface area contributed by atoms with Gasteiger partial charge < -0.3 is 4.57 Å². The monoisotopic (exact) mass is 180 g/mol. The molecule has 0 N–H and O–H groups in total. The van der Waals surface area contributed by atoms with E-state index < -0.39 is 0 Å². The molecule has 1 aromatic rings. The predicted molar refractivity (Wildman–Crippen MR) is 55.9 cm³/mol. The molecule has 0 atom stereocenters. The summed E-state index contributed by atoms with van der Waals surface area (Å²) < 4.78 is 2.21. The van der Waals surface area contributed by atoms with Crippen LogP contribution in [0.15, 0.2) is 12.5 Å². The lowest BCUT2D eigenvalue weighted by Crippen LogP contribution is -2.23. The van der Waals surface area contributed by atoms with Crippen LogP contribution >= 0.6 is 0 Å². The highest BCUT2D eigenvalue weighted by Gasteiger charge is 2.17. The van der Waals surface area contributed by atoms with E-state index in [1.54, 1.807) is 0 Å². The van der Waals surface area contributed by atoms with Gasteiger partial charge in [-0.25, -0.2) is 4.98 Å². The molecule has 74 valence electrons. The van der Waals surface area contributed by atoms with Crippen LogP contribution in [0.5, 0.6) is 0 Å². The van der Waals surface area contributed by atoms with E-state index in [1.165, 1.54) is 5.69 Å². The Labute approximate surface area is 81.0 Å². The second-order valence-electron chi connectivity index (χ2n) is 4.53. The highest BCUT2D eigenvalue weighted by Crippen LogP contribution is 2.21. The Bertz CT molecular complexity index is 271. The summed E-state index contributed by atoms with van der Waals surface area (Å²) in [4.78, 5) is 4.39. The molecule has 0 aromatic carbocycles. The third kappa shape index (κ3) is 2.11. The zero-order chi connectivity index (χ0) is 10.1. The summed E-state index contributed by atoms with van der Waals surface area (Å²) >= 11 is 0. The first-order valence-electron chi connectivity index (χ1n) is 5.01. The van der Waals surface area contributed by atoms with Gasteiger partial charge in [0.2, 0.25) is 0 Å². The molecule has 0 saturated carbocycles. The average Bonchev–Trinajstić information content (AvgIpc) is 2.52. The molecule has 1 aromatic heterocycles. The predicted octanol–water partition coefficient (Wildman–Crippen LogP) is 3.15. The minimum Gasteiger partial charge on any atom is -0.332 e. The van der Waals surface area contributed by atoms with Crippen molar-refractivity contribution in [2.45, 2.75) is 52.5 Å². The Morgan fingerprint density at radius 3 is 2.46 bits per heavy atom. The fourth-order valence-corrected chi connectivity index (χ4v) is 1.15. The molecule has 0 amide bonds. The highest BCUT2D eigenvalue weighted by molar-refractivity contribution is 5.04. The zero-order valence-corrected chi connectivity index (χ0v) is 9.33. The average molecular weight is 180 g/mol. The lowest BCUT2D eigenvalue weighted by Gasteiger charge is -2.24. The van der Waals surface area contributed by atoms with Crippen LogP contribution in [0.3, 0.4) is 0 Å². The van der Waals surface area contributed by atoms with Gasteiger partial charge in [0.25, 0.3) is 0 Å². The molecule has 0 fully saturated rings. The Balaban J connectivity index is 2.91. The summed E-state index contributed by atoms with van der Waals surface area (Å²) in [6, 6.07) is 0. The lowest BCUT2D eigenvalue weighted by atomic mass is 10.0. The van der Waals surface area contributed by atoms with Gasteiger partial charge >= 0.3 is 0 Å². The molecule has 0 aliphatic heterocycles. The maximum atomic E-state index is 4.39. The van der Waals surface area contributed by atoms with Crippen molar-refractivity contribution in [3.8, 4) is 0 Å². The third-order valence-electron chi connectivity index (χ3n) is 2.76. The largest absolute Gasteiger partial charge is 0.332 e. The van der Waals surface area contributed by atoms with Crippen molar-refractivity contribution in [2.24, 2.45) is 0 Å². The van der Waals surface area contributed by atoms with Crippen LogP contribution in [0.25, 0.3) is 0 Å². The number of aromatic nitrogens is 2. The van der Waals surface area contributed by atoms with Gasteiger partial charge in [0, 0.05) is 11.7 Å². The van der Waals surface area contributed by atoms with E-state index >= 15 is 0 Å². The van der Waals surface area contributed by atoms with Gasteiger partial charge in [0.1, 0.15) is 0 Å². The second kappa shape index (κ2) is 3.52. The van der Waals surface area contributed by atoms with Crippen LogP contribution in [-0.2, 0) is 5.54 Å². The zero-order valence-electron chi connectivity index (χ0n) is 9.33. The van der Waals surface area contributed by atoms with Crippen molar-refractivity contribution in [3.05, 3.63) is 18.2 Å². The van der Waals surface area contributed by atoms with E-state index in [4.69, 9.17) is 0 Å². The SMILES string of the molecule is CCC(C)(C)n1cnc(C(C)C)c1. The molecule has 0 aliphatic carbocycles. The first-order chi connectivity index (χ1) is 5.97. The van der Waals surface area contributed by atoms with E-state index in [1.807, 2.05) is 6.33 Å². The Morgan fingerprint density at radius 1 is 1.46 bits per heavy atom. The van der Waals surface area contributed by atoms with Crippen LogP contribution in [0.4, 0.5) is 0 Å². The lowest BCUT2D eigenvalue weighted by molar-refractivity contribution is 0.341. The first-order valence-corrected chi connectivity index (χ1v) is 5.01. The second-order valence-corrected chi connectivity index (χ2v) is 4.53. The molecule has 0 spiro atoms. The van der Waals surface area contributed by atoms with Gasteiger partial charge in [0.05, 0.1) is 12.0 Å². The summed E-state index contributed by atoms with van der Waals surface area (Å²) in [6.45, 7) is 11.0. The van der Waals surface area contributed by atoms with Crippen molar-refractivity contribution in [3.63, 3.8) is 0 Å². The number of imidazole rings is 1. The van der Waals surface area contributed by atoms with Gasteiger partial charge in [-0.2, -0.15) is 0 Å². The third-order valence-corrected chi connectivity index (χ3v) is 2.76. The van der Waals surface area contributed by atoms with Crippen LogP contribution in [0, 0.1) is 0 Å². The van der Waals surface area contributed by atoms with Crippen molar-refractivity contribution in [2.75, 3.05) is 0 Å². The normalized spacial score (nSPS) is 12.5. The van der Waals surface area contributed by atoms with E-state index in [0.717, 1.165) is 6.42 Å². The quantitative estimate of drug-likeness (QED) is 0.698. The molecule has 0 saturated heterocycles. The molecule has 13 heavy (non-hydrogen) atoms. The Hall–Kier alpha value is -0.790. The molecule has 2 heteroatoms. The van der Waals surface area contributed by atoms with E-state index in [9.17, 15) is 0 Å². The highest BCUT2D eigenvalue weighted by atomic mass is 15.1. The van der Waals surface area contributed by atoms with Crippen molar-refractivity contribution in [1.82, 2.24) is 9.55 Å². The minimum absolute atomic E-state index is 0.195. The standard InChI is InChI=1S/C11H20N2/c1-6-11(4,5)13-7-10(9(2)3)12-8-13/h7-9H,6H2,1-5H3. The maximum absolute atomic E-state index is 4.39. The summed E-state index contributed by atoms with van der Waals surface area (Å²) in [7, 11) is 0. The molecule has 1 heterocycles. The minimum atomic E-state index is 0.195. The van der Waals surface area contributed by atoms with Crippen molar-refractivity contribution < 1.29 is 0 Å². The Morgan fingerprint density at radius 2 is 2.08 bits per heavy atom. The van der Waals surface area contributed by atoms with Gasteiger partial charge in [-0.1, -0.05) is 20.8 Å². The van der Waals surface area contributed by atoms with Gasteiger partial charge in [-0.15, -0.1) is 0 Å². The molecule has 0 radical (unpaired) electrons. The summed E-state index contributed by atoms with van der Waals surface area (Å²) in [5, 5.41) is 0. The van der Waals surface area contributed by atoms with Crippen LogP contribution in [-0.4, -0.2) is 9.55 Å². The number of rotatable bonds is 3. The van der Waals surface area contributed by atoms with Gasteiger partial charge in [-0.05, 0) is 26.2 Å². The fourth-order valence-electron chi connectivity index (χ4n) is 1.15. The molecule has 0 aliphatic rings. The molecular weight excluding hydrogens is 160 g/mol. The molecule has 0 bridgehead atoms. The van der Waals surface area contributed by atoms with Crippen LogP contribution in [0.1, 0.15) is 52.7 Å². The van der Waals surface area contributed by atoms with Crippen LogP contribution in [0.2, 0.25) is 0 Å². The smallest absolute Gasteiger partial charge is 0.0954 e. The van der Waals surface area contributed by atoms with E-state index in [-0.39, 0.29) is 5.54 Å². The van der Waals surface area contributed by atoms with Crippen molar-refractivity contribution >= 4 is 0 Å². The first kappa shape index (κ1) is 10.3.